The lowest BCUT2D eigenvalue weighted by molar-refractivity contribution is 0.440. The number of anilines is 1. The van der Waals surface area contributed by atoms with E-state index in [1.54, 1.807) is 6.07 Å². The Bertz CT molecular complexity index is 576. The number of hydrogen-bond acceptors (Lipinski definition) is 5. The predicted molar refractivity (Wildman–Crippen MR) is 71.6 cm³/mol. The number of rotatable bonds is 5. The first-order chi connectivity index (χ1) is 9.24. The second kappa shape index (κ2) is 4.87. The topological polar surface area (TPSA) is 75.7 Å². The van der Waals surface area contributed by atoms with E-state index in [0.29, 0.717) is 17.7 Å². The SMILES string of the molecule is CCNc1cc(Oc2cc(C)[nH]n2)nc(C2CC2)n1. The van der Waals surface area contributed by atoms with E-state index in [-0.39, 0.29) is 0 Å². The van der Waals surface area contributed by atoms with Gasteiger partial charge in [-0.3, -0.25) is 5.10 Å². The lowest BCUT2D eigenvalue weighted by Gasteiger charge is -2.08. The Hall–Kier alpha value is -2.11. The molecule has 1 aliphatic rings. The Balaban J connectivity index is 1.86. The molecule has 0 atom stereocenters. The molecule has 0 saturated heterocycles. The largest absolute Gasteiger partial charge is 0.419 e. The van der Waals surface area contributed by atoms with E-state index in [1.165, 1.54) is 0 Å². The first-order valence-electron chi connectivity index (χ1n) is 6.57. The van der Waals surface area contributed by atoms with Gasteiger partial charge in [-0.05, 0) is 26.7 Å². The highest BCUT2D eigenvalue weighted by molar-refractivity contribution is 5.40. The lowest BCUT2D eigenvalue weighted by Crippen LogP contribution is -2.04. The van der Waals surface area contributed by atoms with Crippen LogP contribution in [-0.4, -0.2) is 26.7 Å². The molecular formula is C13H17N5O. The molecular weight excluding hydrogens is 242 g/mol. The number of aromatic amines is 1. The summed E-state index contributed by atoms with van der Waals surface area (Å²) >= 11 is 0. The van der Waals surface area contributed by atoms with Gasteiger partial charge in [0, 0.05) is 30.3 Å². The van der Waals surface area contributed by atoms with E-state index in [2.05, 4.69) is 25.5 Å². The summed E-state index contributed by atoms with van der Waals surface area (Å²) in [6.07, 6.45) is 2.33. The highest BCUT2D eigenvalue weighted by Crippen LogP contribution is 2.39. The molecule has 19 heavy (non-hydrogen) atoms. The smallest absolute Gasteiger partial charge is 0.240 e. The second-order valence-corrected chi connectivity index (χ2v) is 4.75. The molecule has 2 heterocycles. The van der Waals surface area contributed by atoms with Crippen LogP contribution in [-0.2, 0) is 0 Å². The number of nitrogens with one attached hydrogen (secondary N) is 2. The number of aromatic nitrogens is 4. The maximum absolute atomic E-state index is 5.67. The van der Waals surface area contributed by atoms with Gasteiger partial charge in [0.05, 0.1) is 0 Å². The van der Waals surface area contributed by atoms with Crippen LogP contribution < -0.4 is 10.1 Å². The van der Waals surface area contributed by atoms with E-state index in [1.807, 2.05) is 19.9 Å². The summed E-state index contributed by atoms with van der Waals surface area (Å²) in [5.74, 6) is 3.23. The van der Waals surface area contributed by atoms with Crippen LogP contribution in [0.2, 0.25) is 0 Å². The number of H-pyrrole nitrogens is 1. The third-order valence-corrected chi connectivity index (χ3v) is 2.91. The zero-order valence-electron chi connectivity index (χ0n) is 11.1. The summed E-state index contributed by atoms with van der Waals surface area (Å²) in [5.41, 5.74) is 0.957. The Labute approximate surface area is 111 Å². The van der Waals surface area contributed by atoms with Crippen molar-refractivity contribution in [2.75, 3.05) is 11.9 Å². The van der Waals surface area contributed by atoms with Crippen molar-refractivity contribution in [3.05, 3.63) is 23.7 Å². The molecule has 1 saturated carbocycles. The Morgan fingerprint density at radius 1 is 1.32 bits per heavy atom. The molecule has 0 spiro atoms. The summed E-state index contributed by atoms with van der Waals surface area (Å²) in [7, 11) is 0. The quantitative estimate of drug-likeness (QED) is 0.863. The van der Waals surface area contributed by atoms with Gasteiger partial charge in [0.2, 0.25) is 11.8 Å². The molecule has 1 aliphatic carbocycles. The summed E-state index contributed by atoms with van der Waals surface area (Å²) in [6, 6.07) is 3.64. The summed E-state index contributed by atoms with van der Waals surface area (Å²) in [4.78, 5) is 8.96. The average molecular weight is 259 g/mol. The molecule has 0 aliphatic heterocycles. The van der Waals surface area contributed by atoms with Gasteiger partial charge >= 0.3 is 0 Å². The second-order valence-electron chi connectivity index (χ2n) is 4.75. The Morgan fingerprint density at radius 3 is 2.79 bits per heavy atom. The molecule has 100 valence electrons. The van der Waals surface area contributed by atoms with Crippen LogP contribution in [0.5, 0.6) is 11.8 Å². The first-order valence-corrected chi connectivity index (χ1v) is 6.57. The summed E-state index contributed by atoms with van der Waals surface area (Å²) < 4.78 is 5.67. The molecule has 0 bridgehead atoms. The van der Waals surface area contributed by atoms with Crippen LogP contribution in [0.15, 0.2) is 12.1 Å². The van der Waals surface area contributed by atoms with Gasteiger partial charge in [0.15, 0.2) is 0 Å². The first kappa shape index (κ1) is 12.0. The van der Waals surface area contributed by atoms with Crippen molar-refractivity contribution in [1.29, 1.82) is 0 Å². The van der Waals surface area contributed by atoms with Gasteiger partial charge in [-0.25, -0.2) is 4.98 Å². The third kappa shape index (κ3) is 2.83. The van der Waals surface area contributed by atoms with E-state index in [0.717, 1.165) is 36.7 Å². The standard InChI is InChI=1S/C13H17N5O/c1-3-14-10-7-11(16-13(15-10)9-4-5-9)19-12-6-8(2)17-18-12/h6-7,9H,3-5H2,1-2H3,(H,17,18)(H,14,15,16). The molecule has 0 aromatic carbocycles. The van der Waals surface area contributed by atoms with Gasteiger partial charge in [0.25, 0.3) is 0 Å². The van der Waals surface area contributed by atoms with E-state index in [4.69, 9.17) is 4.74 Å². The molecule has 0 amide bonds. The number of nitrogens with zero attached hydrogens (tertiary/aromatic N) is 3. The van der Waals surface area contributed by atoms with Crippen molar-refractivity contribution in [1.82, 2.24) is 20.2 Å². The maximum atomic E-state index is 5.67. The zero-order valence-corrected chi connectivity index (χ0v) is 11.1. The van der Waals surface area contributed by atoms with Gasteiger partial charge in [-0.2, -0.15) is 4.98 Å². The van der Waals surface area contributed by atoms with Crippen molar-refractivity contribution in [2.24, 2.45) is 0 Å². The fourth-order valence-corrected chi connectivity index (χ4v) is 1.84. The van der Waals surface area contributed by atoms with Crippen LogP contribution in [0.4, 0.5) is 5.82 Å². The van der Waals surface area contributed by atoms with Crippen LogP contribution in [0.3, 0.4) is 0 Å². The highest BCUT2D eigenvalue weighted by Gasteiger charge is 2.27. The minimum Gasteiger partial charge on any atom is -0.419 e. The van der Waals surface area contributed by atoms with Crippen LogP contribution >= 0.6 is 0 Å². The van der Waals surface area contributed by atoms with Crippen molar-refractivity contribution in [2.45, 2.75) is 32.6 Å². The molecule has 3 rings (SSSR count). The highest BCUT2D eigenvalue weighted by atomic mass is 16.5. The summed E-state index contributed by atoms with van der Waals surface area (Å²) in [6.45, 7) is 4.79. The monoisotopic (exact) mass is 259 g/mol. The maximum Gasteiger partial charge on any atom is 0.240 e. The van der Waals surface area contributed by atoms with Crippen molar-refractivity contribution < 1.29 is 4.74 Å². The fourth-order valence-electron chi connectivity index (χ4n) is 1.84. The predicted octanol–water partition coefficient (Wildman–Crippen LogP) is 2.61. The number of aryl methyl sites for hydroxylation is 1. The summed E-state index contributed by atoms with van der Waals surface area (Å²) in [5, 5.41) is 10.1. The molecule has 0 radical (unpaired) electrons. The minimum atomic E-state index is 0.488. The van der Waals surface area contributed by atoms with E-state index >= 15 is 0 Å². The normalized spacial score (nSPS) is 14.4. The zero-order chi connectivity index (χ0) is 13.2. The van der Waals surface area contributed by atoms with Gasteiger partial charge < -0.3 is 10.1 Å². The number of hydrogen-bond donors (Lipinski definition) is 2. The molecule has 6 nitrogen and oxygen atoms in total. The molecule has 2 N–H and O–H groups in total. The molecule has 0 unspecified atom stereocenters. The van der Waals surface area contributed by atoms with Gasteiger partial charge in [-0.1, -0.05) is 0 Å². The fraction of sp³-hybridized carbons (Fsp3) is 0.462. The van der Waals surface area contributed by atoms with Crippen molar-refractivity contribution >= 4 is 5.82 Å². The van der Waals surface area contributed by atoms with Crippen LogP contribution in [0.1, 0.15) is 37.2 Å². The van der Waals surface area contributed by atoms with E-state index in [9.17, 15) is 0 Å². The molecule has 2 aromatic rings. The average Bonchev–Trinajstić information content (AvgIpc) is 3.14. The van der Waals surface area contributed by atoms with E-state index < -0.39 is 0 Å². The van der Waals surface area contributed by atoms with Gasteiger partial charge in [0.1, 0.15) is 11.6 Å². The van der Waals surface area contributed by atoms with Crippen molar-refractivity contribution in [3.63, 3.8) is 0 Å². The lowest BCUT2D eigenvalue weighted by atomic mass is 10.4. The van der Waals surface area contributed by atoms with Crippen LogP contribution in [0.25, 0.3) is 0 Å². The molecule has 6 heteroatoms. The minimum absolute atomic E-state index is 0.488. The number of ether oxygens (including phenoxy) is 1. The Morgan fingerprint density at radius 2 is 2.16 bits per heavy atom. The molecule has 2 aromatic heterocycles. The van der Waals surface area contributed by atoms with Gasteiger partial charge in [-0.15, -0.1) is 5.10 Å². The third-order valence-electron chi connectivity index (χ3n) is 2.91. The Kier molecular flexibility index (Phi) is 3.06. The molecule has 1 fully saturated rings. The van der Waals surface area contributed by atoms with Crippen LogP contribution in [0, 0.1) is 6.92 Å². The van der Waals surface area contributed by atoms with Crippen molar-refractivity contribution in [3.8, 4) is 11.8 Å².